The Labute approximate surface area is 104 Å². The van der Waals surface area contributed by atoms with Crippen LogP contribution in [-0.4, -0.2) is 4.98 Å². The maximum atomic E-state index is 6.01. The van der Waals surface area contributed by atoms with Crippen molar-refractivity contribution in [3.05, 3.63) is 39.4 Å². The van der Waals surface area contributed by atoms with Crippen molar-refractivity contribution in [3.63, 3.8) is 0 Å². The molecule has 0 fully saturated rings. The number of thiazole rings is 1. The van der Waals surface area contributed by atoms with Gasteiger partial charge in [0.05, 0.1) is 4.88 Å². The molecule has 0 spiro atoms. The Kier molecular flexibility index (Phi) is 3.28. The van der Waals surface area contributed by atoms with Crippen LogP contribution in [0.3, 0.4) is 0 Å². The number of rotatable bonds is 2. The van der Waals surface area contributed by atoms with Crippen LogP contribution in [0.15, 0.2) is 18.2 Å². The van der Waals surface area contributed by atoms with E-state index < -0.39 is 0 Å². The zero-order valence-electron chi connectivity index (χ0n) is 9.25. The Hall–Kier alpha value is -0.900. The summed E-state index contributed by atoms with van der Waals surface area (Å²) in [5.41, 5.74) is 9.17. The van der Waals surface area contributed by atoms with E-state index in [0.29, 0.717) is 11.7 Å². The van der Waals surface area contributed by atoms with E-state index >= 15 is 0 Å². The number of aryl methyl sites for hydroxylation is 2. The maximum absolute atomic E-state index is 6.01. The zero-order valence-corrected chi connectivity index (χ0v) is 10.8. The molecule has 0 amide bonds. The second-order valence-electron chi connectivity index (χ2n) is 3.76. The van der Waals surface area contributed by atoms with Gasteiger partial charge >= 0.3 is 0 Å². The molecule has 0 aliphatic rings. The molecule has 0 radical (unpaired) electrons. The van der Waals surface area contributed by atoms with Gasteiger partial charge < -0.3 is 5.73 Å². The van der Waals surface area contributed by atoms with Crippen LogP contribution in [-0.2, 0) is 6.54 Å². The Balaban J connectivity index is 2.53. The van der Waals surface area contributed by atoms with Gasteiger partial charge in [0.25, 0.3) is 0 Å². The molecule has 0 saturated heterocycles. The molecular formula is C12H13ClN2S. The maximum Gasteiger partial charge on any atom is 0.145 e. The van der Waals surface area contributed by atoms with Crippen molar-refractivity contribution in [2.24, 2.45) is 5.73 Å². The van der Waals surface area contributed by atoms with E-state index in [1.165, 1.54) is 11.1 Å². The summed E-state index contributed by atoms with van der Waals surface area (Å²) in [7, 11) is 0. The summed E-state index contributed by atoms with van der Waals surface area (Å²) in [5, 5.41) is 1.48. The highest BCUT2D eigenvalue weighted by Crippen LogP contribution is 2.32. The van der Waals surface area contributed by atoms with Gasteiger partial charge in [-0.2, -0.15) is 0 Å². The monoisotopic (exact) mass is 252 g/mol. The third kappa shape index (κ3) is 2.12. The van der Waals surface area contributed by atoms with Crippen LogP contribution < -0.4 is 5.73 Å². The van der Waals surface area contributed by atoms with Gasteiger partial charge in [-0.1, -0.05) is 29.3 Å². The molecule has 0 atom stereocenters. The lowest BCUT2D eigenvalue weighted by Gasteiger charge is -2.02. The van der Waals surface area contributed by atoms with E-state index in [0.717, 1.165) is 15.4 Å². The van der Waals surface area contributed by atoms with Crippen molar-refractivity contribution < 1.29 is 0 Å². The smallest absolute Gasteiger partial charge is 0.145 e. The number of halogens is 1. The summed E-state index contributed by atoms with van der Waals surface area (Å²) in [6.07, 6.45) is 0. The van der Waals surface area contributed by atoms with Crippen molar-refractivity contribution in [1.29, 1.82) is 0 Å². The molecule has 1 aromatic carbocycles. The molecule has 84 valence electrons. The Morgan fingerprint density at radius 2 is 2.12 bits per heavy atom. The van der Waals surface area contributed by atoms with Crippen molar-refractivity contribution >= 4 is 22.9 Å². The average Bonchev–Trinajstić information content (AvgIpc) is 2.63. The summed E-state index contributed by atoms with van der Waals surface area (Å²) < 4.78 is 0. The van der Waals surface area contributed by atoms with Crippen LogP contribution in [0.5, 0.6) is 0 Å². The van der Waals surface area contributed by atoms with Gasteiger partial charge in [0.1, 0.15) is 10.2 Å². The average molecular weight is 253 g/mol. The van der Waals surface area contributed by atoms with E-state index in [4.69, 9.17) is 17.3 Å². The third-order valence-electron chi connectivity index (χ3n) is 2.46. The first-order valence-electron chi connectivity index (χ1n) is 5.04. The van der Waals surface area contributed by atoms with Gasteiger partial charge in [0, 0.05) is 12.1 Å². The summed E-state index contributed by atoms with van der Waals surface area (Å²) in [5.74, 6) is 0. The van der Waals surface area contributed by atoms with Crippen LogP contribution in [0.4, 0.5) is 0 Å². The number of hydrogen-bond donors (Lipinski definition) is 1. The molecule has 0 unspecified atom stereocenters. The fraction of sp³-hybridized carbons (Fsp3) is 0.250. The summed E-state index contributed by atoms with van der Waals surface area (Å²) in [6, 6.07) is 6.32. The topological polar surface area (TPSA) is 38.9 Å². The van der Waals surface area contributed by atoms with E-state index in [-0.39, 0.29) is 0 Å². The molecule has 0 bridgehead atoms. The molecule has 16 heavy (non-hydrogen) atoms. The second kappa shape index (κ2) is 4.53. The van der Waals surface area contributed by atoms with Gasteiger partial charge in [-0.15, -0.1) is 11.3 Å². The number of hydrogen-bond acceptors (Lipinski definition) is 3. The van der Waals surface area contributed by atoms with Crippen molar-refractivity contribution in [3.8, 4) is 10.6 Å². The molecule has 2 rings (SSSR count). The Bertz CT molecular complexity index is 520. The molecule has 0 aliphatic heterocycles. The highest BCUT2D eigenvalue weighted by Gasteiger charge is 2.11. The highest BCUT2D eigenvalue weighted by molar-refractivity contribution is 7.15. The quantitative estimate of drug-likeness (QED) is 0.888. The lowest BCUT2D eigenvalue weighted by molar-refractivity contribution is 1.10. The molecule has 1 heterocycles. The lowest BCUT2D eigenvalue weighted by atomic mass is 10.1. The largest absolute Gasteiger partial charge is 0.326 e. The van der Waals surface area contributed by atoms with Crippen LogP contribution in [0, 0.1) is 13.8 Å². The predicted octanol–water partition coefficient (Wildman–Crippen LogP) is 3.54. The first-order valence-corrected chi connectivity index (χ1v) is 6.24. The van der Waals surface area contributed by atoms with Crippen LogP contribution in [0.2, 0.25) is 5.15 Å². The highest BCUT2D eigenvalue weighted by atomic mass is 35.5. The number of benzene rings is 1. The van der Waals surface area contributed by atoms with E-state index in [9.17, 15) is 0 Å². The zero-order chi connectivity index (χ0) is 11.7. The van der Waals surface area contributed by atoms with E-state index in [2.05, 4.69) is 37.0 Å². The minimum atomic E-state index is 0.446. The summed E-state index contributed by atoms with van der Waals surface area (Å²) >= 11 is 7.57. The molecule has 0 saturated carbocycles. The third-order valence-corrected chi connectivity index (χ3v) is 3.99. The Morgan fingerprint density at radius 1 is 1.38 bits per heavy atom. The molecule has 0 aliphatic carbocycles. The van der Waals surface area contributed by atoms with Crippen molar-refractivity contribution in [1.82, 2.24) is 4.98 Å². The Morgan fingerprint density at radius 3 is 2.75 bits per heavy atom. The van der Waals surface area contributed by atoms with Gasteiger partial charge in [-0.3, -0.25) is 0 Å². The fourth-order valence-electron chi connectivity index (χ4n) is 1.54. The van der Waals surface area contributed by atoms with Crippen LogP contribution >= 0.6 is 22.9 Å². The van der Waals surface area contributed by atoms with E-state index in [1.54, 1.807) is 11.3 Å². The predicted molar refractivity (Wildman–Crippen MR) is 69.9 cm³/mol. The minimum absolute atomic E-state index is 0.446. The second-order valence-corrected chi connectivity index (χ2v) is 5.20. The van der Waals surface area contributed by atoms with Crippen LogP contribution in [0.25, 0.3) is 10.6 Å². The SMILES string of the molecule is Cc1ccc(C)c(-c2nc(Cl)c(CN)s2)c1. The molecule has 2 N–H and O–H groups in total. The number of nitrogens with two attached hydrogens (primary N) is 1. The van der Waals surface area contributed by atoms with Gasteiger partial charge in [0.15, 0.2) is 0 Å². The molecule has 2 aromatic rings. The van der Waals surface area contributed by atoms with Crippen molar-refractivity contribution in [2.45, 2.75) is 20.4 Å². The standard InChI is InChI=1S/C12H13ClN2S/c1-7-3-4-8(2)9(5-7)12-15-11(13)10(6-14)16-12/h3-5H,6,14H2,1-2H3. The number of nitrogens with zero attached hydrogens (tertiary/aromatic N) is 1. The van der Waals surface area contributed by atoms with Crippen LogP contribution in [0.1, 0.15) is 16.0 Å². The lowest BCUT2D eigenvalue weighted by Crippen LogP contribution is -1.92. The van der Waals surface area contributed by atoms with Gasteiger partial charge in [0.2, 0.25) is 0 Å². The van der Waals surface area contributed by atoms with E-state index in [1.807, 2.05) is 0 Å². The molecular weight excluding hydrogens is 240 g/mol. The van der Waals surface area contributed by atoms with Gasteiger partial charge in [-0.05, 0) is 25.5 Å². The fourth-order valence-corrected chi connectivity index (χ4v) is 2.78. The molecule has 2 nitrogen and oxygen atoms in total. The minimum Gasteiger partial charge on any atom is -0.326 e. The first kappa shape index (κ1) is 11.6. The molecule has 4 heteroatoms. The summed E-state index contributed by atoms with van der Waals surface area (Å²) in [4.78, 5) is 5.30. The van der Waals surface area contributed by atoms with Crippen molar-refractivity contribution in [2.75, 3.05) is 0 Å². The first-order chi connectivity index (χ1) is 7.61. The number of aromatic nitrogens is 1. The van der Waals surface area contributed by atoms with Gasteiger partial charge in [-0.25, -0.2) is 4.98 Å². The normalized spacial score (nSPS) is 10.8. The molecule has 1 aromatic heterocycles. The summed E-state index contributed by atoms with van der Waals surface area (Å²) in [6.45, 7) is 4.59.